The van der Waals surface area contributed by atoms with Crippen LogP contribution in [0.1, 0.15) is 18.9 Å². The first kappa shape index (κ1) is 9.99. The molecule has 0 bridgehead atoms. The normalized spacial score (nSPS) is 12.9. The second kappa shape index (κ2) is 4.82. The Bertz CT molecular complexity index is 230. The summed E-state index contributed by atoms with van der Waals surface area (Å²) in [6, 6.07) is 8.28. The molecule has 0 aliphatic heterocycles. The number of hydrogen-bond donors (Lipinski definition) is 1. The predicted molar refractivity (Wildman–Crippen MR) is 59.2 cm³/mol. The molecule has 0 spiro atoms. The Kier molecular flexibility index (Phi) is 4.01. The van der Waals surface area contributed by atoms with Crippen LogP contribution < -0.4 is 0 Å². The minimum atomic E-state index is -0.190. The molecule has 0 aliphatic rings. The molecule has 1 atom stereocenters. The molecule has 0 aromatic heterocycles. The van der Waals surface area contributed by atoms with Crippen LogP contribution in [-0.2, 0) is 6.42 Å². The maximum atomic E-state index is 9.38. The molecule has 2 heteroatoms. The quantitative estimate of drug-likeness (QED) is 0.841. The van der Waals surface area contributed by atoms with E-state index in [4.69, 9.17) is 0 Å². The van der Waals surface area contributed by atoms with E-state index in [1.807, 2.05) is 6.92 Å². The summed E-state index contributed by atoms with van der Waals surface area (Å²) in [6.07, 6.45) is 1.41. The molecule has 1 unspecified atom stereocenters. The Morgan fingerprint density at radius 2 is 1.92 bits per heavy atom. The maximum absolute atomic E-state index is 9.38. The summed E-state index contributed by atoms with van der Waals surface area (Å²) in [5, 5.41) is 9.38. The molecule has 0 aliphatic carbocycles. The van der Waals surface area contributed by atoms with Gasteiger partial charge in [-0.2, -0.15) is 0 Å². The molecule has 0 heterocycles. The van der Waals surface area contributed by atoms with Crippen LogP contribution in [0.4, 0.5) is 0 Å². The van der Waals surface area contributed by atoms with Gasteiger partial charge in [0, 0.05) is 3.57 Å². The van der Waals surface area contributed by atoms with Crippen molar-refractivity contribution in [2.24, 2.45) is 0 Å². The smallest absolute Gasteiger partial charge is 0.0577 e. The van der Waals surface area contributed by atoms with Crippen molar-refractivity contribution < 1.29 is 5.11 Å². The number of aliphatic hydroxyl groups excluding tert-OH is 1. The van der Waals surface area contributed by atoms with Crippen LogP contribution in [0.2, 0.25) is 0 Å². The Morgan fingerprint density at radius 3 is 2.42 bits per heavy atom. The van der Waals surface area contributed by atoms with Crippen molar-refractivity contribution in [2.45, 2.75) is 25.9 Å². The summed E-state index contributed by atoms with van der Waals surface area (Å²) < 4.78 is 1.24. The van der Waals surface area contributed by atoms with Crippen molar-refractivity contribution >= 4 is 22.6 Å². The average Bonchev–Trinajstić information content (AvgIpc) is 2.09. The van der Waals surface area contributed by atoms with Gasteiger partial charge < -0.3 is 5.11 Å². The third kappa shape index (κ3) is 3.11. The van der Waals surface area contributed by atoms with E-state index in [1.165, 1.54) is 9.13 Å². The molecule has 12 heavy (non-hydrogen) atoms. The van der Waals surface area contributed by atoms with Crippen LogP contribution in [0, 0.1) is 3.57 Å². The van der Waals surface area contributed by atoms with Crippen molar-refractivity contribution in [3.63, 3.8) is 0 Å². The summed E-state index contributed by atoms with van der Waals surface area (Å²) in [4.78, 5) is 0. The number of hydrogen-bond acceptors (Lipinski definition) is 1. The summed E-state index contributed by atoms with van der Waals surface area (Å²) in [6.45, 7) is 2.00. The van der Waals surface area contributed by atoms with Gasteiger partial charge in [0.2, 0.25) is 0 Å². The SMILES string of the molecule is CCC(O)Cc1ccc(I)cc1. The first-order valence-electron chi connectivity index (χ1n) is 4.15. The van der Waals surface area contributed by atoms with Gasteiger partial charge in [-0.25, -0.2) is 0 Å². The van der Waals surface area contributed by atoms with Crippen LogP contribution in [0.15, 0.2) is 24.3 Å². The van der Waals surface area contributed by atoms with E-state index in [-0.39, 0.29) is 6.10 Å². The molecule has 1 nitrogen and oxygen atoms in total. The van der Waals surface area contributed by atoms with E-state index >= 15 is 0 Å². The van der Waals surface area contributed by atoms with E-state index in [1.54, 1.807) is 0 Å². The van der Waals surface area contributed by atoms with E-state index in [0.717, 1.165) is 12.8 Å². The molecular weight excluding hydrogens is 263 g/mol. The number of rotatable bonds is 3. The highest BCUT2D eigenvalue weighted by Gasteiger charge is 2.01. The topological polar surface area (TPSA) is 20.2 Å². The molecule has 66 valence electrons. The Balaban J connectivity index is 2.58. The van der Waals surface area contributed by atoms with Crippen molar-refractivity contribution in [3.05, 3.63) is 33.4 Å². The fourth-order valence-corrected chi connectivity index (χ4v) is 1.40. The van der Waals surface area contributed by atoms with Crippen molar-refractivity contribution in [1.29, 1.82) is 0 Å². The van der Waals surface area contributed by atoms with Gasteiger partial charge in [-0.3, -0.25) is 0 Å². The van der Waals surface area contributed by atoms with Crippen LogP contribution in [0.5, 0.6) is 0 Å². The number of aliphatic hydroxyl groups is 1. The van der Waals surface area contributed by atoms with Crippen LogP contribution in [-0.4, -0.2) is 11.2 Å². The second-order valence-electron chi connectivity index (χ2n) is 2.89. The van der Waals surface area contributed by atoms with Crippen molar-refractivity contribution in [2.75, 3.05) is 0 Å². The largest absolute Gasteiger partial charge is 0.393 e. The highest BCUT2D eigenvalue weighted by molar-refractivity contribution is 14.1. The van der Waals surface area contributed by atoms with Crippen LogP contribution in [0.3, 0.4) is 0 Å². The van der Waals surface area contributed by atoms with Gasteiger partial charge in [-0.15, -0.1) is 0 Å². The molecule has 1 aromatic rings. The van der Waals surface area contributed by atoms with Gasteiger partial charge in [-0.05, 0) is 53.1 Å². The summed E-state index contributed by atoms with van der Waals surface area (Å²) in [5.74, 6) is 0. The molecule has 1 rings (SSSR count). The molecule has 0 radical (unpaired) electrons. The summed E-state index contributed by atoms with van der Waals surface area (Å²) >= 11 is 2.28. The molecule has 0 amide bonds. The van der Waals surface area contributed by atoms with Gasteiger partial charge >= 0.3 is 0 Å². The lowest BCUT2D eigenvalue weighted by atomic mass is 10.1. The Labute approximate surface area is 86.9 Å². The first-order valence-corrected chi connectivity index (χ1v) is 5.22. The molecule has 0 fully saturated rings. The lowest BCUT2D eigenvalue weighted by Gasteiger charge is -2.06. The molecule has 0 saturated heterocycles. The minimum absolute atomic E-state index is 0.190. The zero-order chi connectivity index (χ0) is 8.97. The minimum Gasteiger partial charge on any atom is -0.393 e. The zero-order valence-corrected chi connectivity index (χ0v) is 9.28. The fourth-order valence-electron chi connectivity index (χ4n) is 1.04. The third-order valence-electron chi connectivity index (χ3n) is 1.86. The van der Waals surface area contributed by atoms with E-state index in [0.29, 0.717) is 0 Å². The van der Waals surface area contributed by atoms with Crippen LogP contribution in [0.25, 0.3) is 0 Å². The lowest BCUT2D eigenvalue weighted by molar-refractivity contribution is 0.171. The zero-order valence-electron chi connectivity index (χ0n) is 7.13. The van der Waals surface area contributed by atoms with E-state index in [2.05, 4.69) is 46.9 Å². The second-order valence-corrected chi connectivity index (χ2v) is 4.14. The Hall–Kier alpha value is -0.0900. The lowest BCUT2D eigenvalue weighted by Crippen LogP contribution is -2.07. The third-order valence-corrected chi connectivity index (χ3v) is 2.57. The number of benzene rings is 1. The van der Waals surface area contributed by atoms with E-state index in [9.17, 15) is 5.11 Å². The molecule has 0 saturated carbocycles. The van der Waals surface area contributed by atoms with Gasteiger partial charge in [-0.1, -0.05) is 19.1 Å². The molecule has 1 N–H and O–H groups in total. The van der Waals surface area contributed by atoms with Gasteiger partial charge in [0.15, 0.2) is 0 Å². The Morgan fingerprint density at radius 1 is 1.33 bits per heavy atom. The standard InChI is InChI=1S/C10H13IO/c1-2-10(12)7-8-3-5-9(11)6-4-8/h3-6,10,12H,2,7H2,1H3. The maximum Gasteiger partial charge on any atom is 0.0577 e. The summed E-state index contributed by atoms with van der Waals surface area (Å²) in [5.41, 5.74) is 1.21. The van der Waals surface area contributed by atoms with Gasteiger partial charge in [0.1, 0.15) is 0 Å². The molecule has 1 aromatic carbocycles. The predicted octanol–water partition coefficient (Wildman–Crippen LogP) is 2.60. The monoisotopic (exact) mass is 276 g/mol. The van der Waals surface area contributed by atoms with Crippen LogP contribution >= 0.6 is 22.6 Å². The first-order chi connectivity index (χ1) is 5.72. The highest BCUT2D eigenvalue weighted by atomic mass is 127. The van der Waals surface area contributed by atoms with Gasteiger partial charge in [0.25, 0.3) is 0 Å². The highest BCUT2D eigenvalue weighted by Crippen LogP contribution is 2.09. The van der Waals surface area contributed by atoms with Crippen molar-refractivity contribution in [3.8, 4) is 0 Å². The number of halogens is 1. The van der Waals surface area contributed by atoms with Crippen molar-refractivity contribution in [1.82, 2.24) is 0 Å². The average molecular weight is 276 g/mol. The molecular formula is C10H13IO. The van der Waals surface area contributed by atoms with E-state index < -0.39 is 0 Å². The van der Waals surface area contributed by atoms with Gasteiger partial charge in [0.05, 0.1) is 6.10 Å². The summed E-state index contributed by atoms with van der Waals surface area (Å²) in [7, 11) is 0. The fraction of sp³-hybridized carbons (Fsp3) is 0.400.